The molecule has 0 aliphatic rings. The quantitative estimate of drug-likeness (QED) is 0.815. The molecule has 0 saturated carbocycles. The van der Waals surface area contributed by atoms with Crippen molar-refractivity contribution in [3.8, 4) is 0 Å². The number of nitrogens with one attached hydrogen (secondary N) is 1. The average molecular weight is 292 g/mol. The van der Waals surface area contributed by atoms with Crippen LogP contribution in [-0.2, 0) is 0 Å². The van der Waals surface area contributed by atoms with Gasteiger partial charge in [-0.25, -0.2) is 15.0 Å². The Morgan fingerprint density at radius 2 is 2.15 bits per heavy atom. The fourth-order valence-corrected chi connectivity index (χ4v) is 2.82. The number of hydrogen-bond donors (Lipinski definition) is 1. The number of oxazole rings is 1. The van der Waals surface area contributed by atoms with Gasteiger partial charge in [0, 0.05) is 12.1 Å². The minimum Gasteiger partial charge on any atom is -0.439 e. The molecule has 0 unspecified atom stereocenters. The van der Waals surface area contributed by atoms with Crippen LogP contribution in [0.5, 0.6) is 0 Å². The zero-order valence-corrected chi connectivity index (χ0v) is 13.1. The Hall–Kier alpha value is -1.56. The van der Waals surface area contributed by atoms with Crippen molar-refractivity contribution in [2.45, 2.75) is 50.3 Å². The lowest BCUT2D eigenvalue weighted by atomic mass is 10.1. The molecule has 0 bridgehead atoms. The normalized spacial score (nSPS) is 11.1. The zero-order valence-electron chi connectivity index (χ0n) is 12.3. The Labute approximate surface area is 123 Å². The Kier molecular flexibility index (Phi) is 5.00. The maximum Gasteiger partial charge on any atom is 0.262 e. The molecule has 0 spiro atoms. The fraction of sp³-hybridized carbons (Fsp3) is 0.500. The van der Waals surface area contributed by atoms with Crippen molar-refractivity contribution in [3.05, 3.63) is 23.8 Å². The number of aryl methyl sites for hydroxylation is 1. The van der Waals surface area contributed by atoms with E-state index in [0.717, 1.165) is 35.1 Å². The monoisotopic (exact) mass is 292 g/mol. The maximum absolute atomic E-state index is 5.40. The van der Waals surface area contributed by atoms with Crippen molar-refractivity contribution in [2.24, 2.45) is 0 Å². The first kappa shape index (κ1) is 14.8. The number of anilines is 1. The SMILES string of the molecule is CCCNc1ncnc(Sc2nc(C)co2)c1C(C)C. The highest BCUT2D eigenvalue weighted by molar-refractivity contribution is 7.99. The van der Waals surface area contributed by atoms with Gasteiger partial charge in [0.1, 0.15) is 23.4 Å². The second-order valence-electron chi connectivity index (χ2n) is 4.88. The second-order valence-corrected chi connectivity index (χ2v) is 5.82. The average Bonchev–Trinajstić information content (AvgIpc) is 2.81. The van der Waals surface area contributed by atoms with Gasteiger partial charge >= 0.3 is 0 Å². The summed E-state index contributed by atoms with van der Waals surface area (Å²) >= 11 is 1.44. The molecule has 5 nitrogen and oxygen atoms in total. The predicted octanol–water partition coefficient (Wildman–Crippen LogP) is 3.87. The van der Waals surface area contributed by atoms with Crippen molar-refractivity contribution in [1.82, 2.24) is 15.0 Å². The van der Waals surface area contributed by atoms with Crippen LogP contribution in [0.1, 0.15) is 44.4 Å². The molecular weight excluding hydrogens is 272 g/mol. The van der Waals surface area contributed by atoms with Crippen LogP contribution in [0.15, 0.2) is 27.3 Å². The van der Waals surface area contributed by atoms with Crippen LogP contribution in [0.2, 0.25) is 0 Å². The van der Waals surface area contributed by atoms with Gasteiger partial charge in [-0.15, -0.1) is 0 Å². The first-order valence-corrected chi connectivity index (χ1v) is 7.62. The summed E-state index contributed by atoms with van der Waals surface area (Å²) in [5.74, 6) is 1.23. The molecule has 0 amide bonds. The van der Waals surface area contributed by atoms with E-state index in [-0.39, 0.29) is 0 Å². The highest BCUT2D eigenvalue weighted by Crippen LogP contribution is 2.34. The lowest BCUT2D eigenvalue weighted by molar-refractivity contribution is 0.453. The smallest absolute Gasteiger partial charge is 0.262 e. The van der Waals surface area contributed by atoms with Crippen molar-refractivity contribution >= 4 is 17.6 Å². The van der Waals surface area contributed by atoms with Gasteiger partial charge in [0.2, 0.25) is 0 Å². The first-order chi connectivity index (χ1) is 9.61. The summed E-state index contributed by atoms with van der Waals surface area (Å²) in [4.78, 5) is 13.1. The molecule has 0 atom stereocenters. The minimum atomic E-state index is 0.328. The van der Waals surface area contributed by atoms with Crippen molar-refractivity contribution in [2.75, 3.05) is 11.9 Å². The highest BCUT2D eigenvalue weighted by Gasteiger charge is 2.17. The standard InChI is InChI=1S/C14H20N4OS/c1-5-6-15-12-11(9(2)3)13(17-8-16-12)20-14-18-10(4)7-19-14/h7-9H,5-6H2,1-4H3,(H,15,16,17). The van der Waals surface area contributed by atoms with E-state index in [1.165, 1.54) is 11.8 Å². The highest BCUT2D eigenvalue weighted by atomic mass is 32.2. The van der Waals surface area contributed by atoms with Crippen molar-refractivity contribution < 1.29 is 4.42 Å². The van der Waals surface area contributed by atoms with Gasteiger partial charge in [0.05, 0.1) is 5.69 Å². The van der Waals surface area contributed by atoms with Crippen molar-refractivity contribution in [1.29, 1.82) is 0 Å². The van der Waals surface area contributed by atoms with E-state index in [1.54, 1.807) is 12.6 Å². The third-order valence-electron chi connectivity index (χ3n) is 2.75. The third kappa shape index (κ3) is 3.50. The topological polar surface area (TPSA) is 63.8 Å². The predicted molar refractivity (Wildman–Crippen MR) is 80.3 cm³/mol. The molecule has 2 aromatic heterocycles. The van der Waals surface area contributed by atoms with Crippen molar-refractivity contribution in [3.63, 3.8) is 0 Å². The third-order valence-corrected chi connectivity index (χ3v) is 3.63. The molecule has 1 N–H and O–H groups in total. The minimum absolute atomic E-state index is 0.328. The molecule has 0 radical (unpaired) electrons. The molecule has 0 aromatic carbocycles. The van der Waals surface area contributed by atoms with Gasteiger partial charge in [-0.1, -0.05) is 20.8 Å². The van der Waals surface area contributed by atoms with E-state index in [4.69, 9.17) is 4.42 Å². The van der Waals surface area contributed by atoms with Crippen LogP contribution in [0.25, 0.3) is 0 Å². The van der Waals surface area contributed by atoms with Crippen LogP contribution < -0.4 is 5.32 Å². The molecule has 2 aromatic rings. The summed E-state index contributed by atoms with van der Waals surface area (Å²) in [5.41, 5.74) is 1.98. The van der Waals surface area contributed by atoms with Crippen LogP contribution in [0.3, 0.4) is 0 Å². The van der Waals surface area contributed by atoms with Gasteiger partial charge in [-0.3, -0.25) is 0 Å². The fourth-order valence-electron chi connectivity index (χ4n) is 1.83. The lowest BCUT2D eigenvalue weighted by Gasteiger charge is -2.15. The van der Waals surface area contributed by atoms with Crippen LogP contribution in [-0.4, -0.2) is 21.5 Å². The first-order valence-electron chi connectivity index (χ1n) is 6.80. The molecule has 108 valence electrons. The van der Waals surface area contributed by atoms with Gasteiger partial charge in [0.25, 0.3) is 5.22 Å². The molecule has 20 heavy (non-hydrogen) atoms. The van der Waals surface area contributed by atoms with Gasteiger partial charge in [0.15, 0.2) is 0 Å². The summed E-state index contributed by atoms with van der Waals surface area (Å²) in [6.45, 7) is 9.22. The molecule has 0 fully saturated rings. The summed E-state index contributed by atoms with van der Waals surface area (Å²) < 4.78 is 5.40. The number of hydrogen-bond acceptors (Lipinski definition) is 6. The second kappa shape index (κ2) is 6.74. The Balaban J connectivity index is 2.31. The largest absolute Gasteiger partial charge is 0.439 e. The molecule has 0 aliphatic carbocycles. The maximum atomic E-state index is 5.40. The van der Waals surface area contributed by atoms with E-state index in [9.17, 15) is 0 Å². The molecular formula is C14H20N4OS. The molecule has 2 heterocycles. The van der Waals surface area contributed by atoms with E-state index in [1.807, 2.05) is 6.92 Å². The zero-order chi connectivity index (χ0) is 14.5. The lowest BCUT2D eigenvalue weighted by Crippen LogP contribution is -2.08. The van der Waals surface area contributed by atoms with Gasteiger partial charge in [-0.05, 0) is 31.0 Å². The van der Waals surface area contributed by atoms with Gasteiger partial charge < -0.3 is 9.73 Å². The summed E-state index contributed by atoms with van der Waals surface area (Å²) in [6.07, 6.45) is 4.29. The molecule has 0 aliphatic heterocycles. The summed E-state index contributed by atoms with van der Waals surface area (Å²) in [5, 5.41) is 4.87. The summed E-state index contributed by atoms with van der Waals surface area (Å²) in [6, 6.07) is 0. The summed E-state index contributed by atoms with van der Waals surface area (Å²) in [7, 11) is 0. The van der Waals surface area contributed by atoms with Crippen LogP contribution >= 0.6 is 11.8 Å². The Morgan fingerprint density at radius 1 is 1.35 bits per heavy atom. The Bertz CT molecular complexity index is 568. The van der Waals surface area contributed by atoms with E-state index in [2.05, 4.69) is 41.0 Å². The van der Waals surface area contributed by atoms with E-state index in [0.29, 0.717) is 11.1 Å². The van der Waals surface area contributed by atoms with E-state index < -0.39 is 0 Å². The van der Waals surface area contributed by atoms with Gasteiger partial charge in [-0.2, -0.15) is 0 Å². The molecule has 6 heteroatoms. The van der Waals surface area contributed by atoms with Crippen LogP contribution in [0.4, 0.5) is 5.82 Å². The number of rotatable bonds is 6. The van der Waals surface area contributed by atoms with E-state index >= 15 is 0 Å². The Morgan fingerprint density at radius 3 is 2.75 bits per heavy atom. The molecule has 2 rings (SSSR count). The number of nitrogens with zero attached hydrogens (tertiary/aromatic N) is 3. The van der Waals surface area contributed by atoms with Crippen LogP contribution in [0, 0.1) is 6.92 Å². The number of aromatic nitrogens is 3. The molecule has 0 saturated heterocycles.